The zero-order valence-corrected chi connectivity index (χ0v) is 12.2. The first-order valence-corrected chi connectivity index (χ1v) is 7.55. The molecule has 0 spiro atoms. The maximum atomic E-state index is 5.37. The summed E-state index contributed by atoms with van der Waals surface area (Å²) in [5.41, 5.74) is 3.86. The van der Waals surface area contributed by atoms with E-state index in [1.165, 1.54) is 25.7 Å². The van der Waals surface area contributed by atoms with E-state index in [-0.39, 0.29) is 0 Å². The van der Waals surface area contributed by atoms with Crippen LogP contribution < -0.4 is 5.43 Å². The first kappa shape index (κ1) is 13.4. The predicted molar refractivity (Wildman–Crippen MR) is 80.1 cm³/mol. The molecule has 0 bridgehead atoms. The van der Waals surface area contributed by atoms with Gasteiger partial charge in [-0.2, -0.15) is 5.10 Å². The van der Waals surface area contributed by atoms with E-state index in [9.17, 15) is 0 Å². The third-order valence-corrected chi connectivity index (χ3v) is 4.19. The lowest BCUT2D eigenvalue weighted by molar-refractivity contribution is 0.428. The molecule has 0 unspecified atom stereocenters. The zero-order valence-electron chi connectivity index (χ0n) is 10.6. The highest BCUT2D eigenvalue weighted by Gasteiger charge is 2.11. The van der Waals surface area contributed by atoms with Gasteiger partial charge in [-0.3, -0.25) is 5.43 Å². The fraction of sp³-hybridized carbons (Fsp3) is 0.583. The second kappa shape index (κ2) is 6.80. The molecule has 1 aromatic heterocycles. The Morgan fingerprint density at radius 2 is 2.11 bits per heavy atom. The van der Waals surface area contributed by atoms with Gasteiger partial charge in [-0.25, -0.2) is 4.98 Å². The number of nitrogens with zero attached hydrogens (tertiary/aromatic N) is 3. The molecular weight excluding hydrogens is 264 g/mol. The number of hydrogen-bond donors (Lipinski definition) is 1. The van der Waals surface area contributed by atoms with Crippen LogP contribution in [0.4, 0.5) is 0 Å². The summed E-state index contributed by atoms with van der Waals surface area (Å²) in [6.07, 6.45) is 6.83. The van der Waals surface area contributed by atoms with Crippen LogP contribution in [0.15, 0.2) is 16.7 Å². The standard InChI is InChI=1S/C12H18N4S2/c1-10(11-13-6-9-18-11)14-15-12(17)16-7-4-2-3-5-8-16/h6,9H,2-5,7-8H2,1H3,(H,15,17)/b14-10-. The maximum absolute atomic E-state index is 5.37. The van der Waals surface area contributed by atoms with Crippen molar-refractivity contribution in [2.75, 3.05) is 13.1 Å². The lowest BCUT2D eigenvalue weighted by atomic mass is 10.2. The van der Waals surface area contributed by atoms with Gasteiger partial charge in [0.2, 0.25) is 0 Å². The van der Waals surface area contributed by atoms with Crippen molar-refractivity contribution < 1.29 is 0 Å². The number of thiocarbonyl (C=S) groups is 1. The second-order valence-electron chi connectivity index (χ2n) is 4.35. The monoisotopic (exact) mass is 282 g/mol. The van der Waals surface area contributed by atoms with Crippen molar-refractivity contribution in [3.8, 4) is 0 Å². The highest BCUT2D eigenvalue weighted by Crippen LogP contribution is 2.10. The van der Waals surface area contributed by atoms with Crippen molar-refractivity contribution in [3.63, 3.8) is 0 Å². The molecule has 1 fully saturated rings. The third kappa shape index (κ3) is 3.74. The molecule has 1 aliphatic rings. The minimum absolute atomic E-state index is 0.729. The number of nitrogens with one attached hydrogen (secondary N) is 1. The smallest absolute Gasteiger partial charge is 0.189 e. The predicted octanol–water partition coefficient (Wildman–Crippen LogP) is 2.62. The molecule has 1 N–H and O–H groups in total. The summed E-state index contributed by atoms with van der Waals surface area (Å²) in [6.45, 7) is 4.02. The van der Waals surface area contributed by atoms with E-state index in [4.69, 9.17) is 12.2 Å². The Labute approximate surface area is 117 Å². The van der Waals surface area contributed by atoms with Crippen LogP contribution in [0.3, 0.4) is 0 Å². The molecule has 0 atom stereocenters. The van der Waals surface area contributed by atoms with E-state index in [1.54, 1.807) is 17.5 Å². The highest BCUT2D eigenvalue weighted by molar-refractivity contribution is 7.80. The summed E-state index contributed by atoms with van der Waals surface area (Å²) in [4.78, 5) is 6.42. The van der Waals surface area contributed by atoms with Crippen LogP contribution >= 0.6 is 23.6 Å². The van der Waals surface area contributed by atoms with Crippen molar-refractivity contribution >= 4 is 34.4 Å². The molecule has 4 nitrogen and oxygen atoms in total. The summed E-state index contributed by atoms with van der Waals surface area (Å²) < 4.78 is 0. The van der Waals surface area contributed by atoms with Gasteiger partial charge in [-0.15, -0.1) is 11.3 Å². The minimum Gasteiger partial charge on any atom is -0.348 e. The van der Waals surface area contributed by atoms with E-state index in [2.05, 4.69) is 20.4 Å². The fourth-order valence-electron chi connectivity index (χ4n) is 1.93. The van der Waals surface area contributed by atoms with Crippen LogP contribution in [0.25, 0.3) is 0 Å². The number of likely N-dealkylation sites (tertiary alicyclic amines) is 1. The van der Waals surface area contributed by atoms with Gasteiger partial charge in [-0.05, 0) is 32.0 Å². The van der Waals surface area contributed by atoms with E-state index in [0.717, 1.165) is 28.9 Å². The van der Waals surface area contributed by atoms with Crippen LogP contribution in [-0.4, -0.2) is 33.8 Å². The number of rotatable bonds is 2. The maximum Gasteiger partial charge on any atom is 0.189 e. The molecule has 2 rings (SSSR count). The van der Waals surface area contributed by atoms with E-state index < -0.39 is 0 Å². The molecule has 1 saturated heterocycles. The zero-order chi connectivity index (χ0) is 12.8. The Bertz CT molecular complexity index is 406. The van der Waals surface area contributed by atoms with Gasteiger partial charge < -0.3 is 4.90 Å². The first-order chi connectivity index (χ1) is 8.77. The Balaban J connectivity index is 1.89. The number of aromatic nitrogens is 1. The molecule has 6 heteroatoms. The average Bonchev–Trinajstić information content (AvgIpc) is 2.78. The van der Waals surface area contributed by atoms with Crippen LogP contribution in [0.1, 0.15) is 37.6 Å². The molecule has 0 radical (unpaired) electrons. The van der Waals surface area contributed by atoms with Gasteiger partial charge in [0.1, 0.15) is 5.01 Å². The fourth-order valence-corrected chi connectivity index (χ4v) is 2.74. The number of hydrogen-bond acceptors (Lipinski definition) is 4. The lowest BCUT2D eigenvalue weighted by Gasteiger charge is -2.22. The molecule has 18 heavy (non-hydrogen) atoms. The van der Waals surface area contributed by atoms with E-state index >= 15 is 0 Å². The van der Waals surface area contributed by atoms with Gasteiger partial charge in [0.25, 0.3) is 0 Å². The quantitative estimate of drug-likeness (QED) is 0.514. The normalized spacial score (nSPS) is 17.4. The van der Waals surface area contributed by atoms with Crippen LogP contribution in [0.2, 0.25) is 0 Å². The van der Waals surface area contributed by atoms with Crippen LogP contribution in [-0.2, 0) is 0 Å². The van der Waals surface area contributed by atoms with Gasteiger partial charge in [0, 0.05) is 24.7 Å². The molecule has 0 aliphatic carbocycles. The van der Waals surface area contributed by atoms with Crippen molar-refractivity contribution in [3.05, 3.63) is 16.6 Å². The number of thiazole rings is 1. The third-order valence-electron chi connectivity index (χ3n) is 2.95. The Morgan fingerprint density at radius 3 is 2.72 bits per heavy atom. The molecule has 0 aromatic carbocycles. The molecular formula is C12H18N4S2. The Hall–Kier alpha value is -1.01. The summed E-state index contributed by atoms with van der Waals surface area (Å²) in [5, 5.41) is 7.91. The van der Waals surface area contributed by atoms with Gasteiger partial charge >= 0.3 is 0 Å². The topological polar surface area (TPSA) is 40.5 Å². The van der Waals surface area contributed by atoms with Crippen LogP contribution in [0, 0.1) is 0 Å². The summed E-state index contributed by atoms with van der Waals surface area (Å²) in [6, 6.07) is 0. The highest BCUT2D eigenvalue weighted by atomic mass is 32.1. The SMILES string of the molecule is C/C(=N/NC(=S)N1CCCCCC1)c1nccs1. The molecule has 1 aromatic rings. The van der Waals surface area contributed by atoms with Crippen molar-refractivity contribution in [2.24, 2.45) is 5.10 Å². The van der Waals surface area contributed by atoms with E-state index in [0.29, 0.717) is 0 Å². The van der Waals surface area contributed by atoms with Gasteiger partial charge in [0.05, 0.1) is 5.71 Å². The largest absolute Gasteiger partial charge is 0.348 e. The Kier molecular flexibility index (Phi) is 5.07. The molecule has 0 saturated carbocycles. The van der Waals surface area contributed by atoms with Gasteiger partial charge in [0.15, 0.2) is 5.11 Å². The van der Waals surface area contributed by atoms with Crippen molar-refractivity contribution in [1.29, 1.82) is 0 Å². The van der Waals surface area contributed by atoms with E-state index in [1.807, 2.05) is 12.3 Å². The Morgan fingerprint density at radius 1 is 1.39 bits per heavy atom. The van der Waals surface area contributed by atoms with Gasteiger partial charge in [-0.1, -0.05) is 12.8 Å². The minimum atomic E-state index is 0.729. The summed E-state index contributed by atoms with van der Waals surface area (Å²) in [5.74, 6) is 0. The molecule has 1 aliphatic heterocycles. The lowest BCUT2D eigenvalue weighted by Crippen LogP contribution is -2.38. The average molecular weight is 282 g/mol. The summed E-state index contributed by atoms with van der Waals surface area (Å²) >= 11 is 6.96. The van der Waals surface area contributed by atoms with Crippen molar-refractivity contribution in [2.45, 2.75) is 32.6 Å². The van der Waals surface area contributed by atoms with Crippen LogP contribution in [0.5, 0.6) is 0 Å². The first-order valence-electron chi connectivity index (χ1n) is 6.26. The molecule has 2 heterocycles. The molecule has 0 amide bonds. The number of hydrazone groups is 1. The molecule has 98 valence electrons. The van der Waals surface area contributed by atoms with Crippen molar-refractivity contribution in [1.82, 2.24) is 15.3 Å². The summed E-state index contributed by atoms with van der Waals surface area (Å²) in [7, 11) is 0. The second-order valence-corrected chi connectivity index (χ2v) is 5.63.